The van der Waals surface area contributed by atoms with E-state index in [4.69, 9.17) is 13.7 Å². The second kappa shape index (κ2) is 12.9. The van der Waals surface area contributed by atoms with Gasteiger partial charge in [-0.25, -0.2) is 4.79 Å². The lowest BCUT2D eigenvalue weighted by atomic mass is 9.79. The van der Waals surface area contributed by atoms with Crippen molar-refractivity contribution in [1.29, 1.82) is 0 Å². The first-order valence-electron chi connectivity index (χ1n) is 15.6. The molecule has 1 fully saturated rings. The zero-order valence-electron chi connectivity index (χ0n) is 27.7. The quantitative estimate of drug-likeness (QED) is 0.0550. The Balaban J connectivity index is 1.52. The summed E-state index contributed by atoms with van der Waals surface area (Å²) >= 11 is 0. The van der Waals surface area contributed by atoms with Gasteiger partial charge in [-0.3, -0.25) is 24.4 Å². The molecule has 47 heavy (non-hydrogen) atoms. The van der Waals surface area contributed by atoms with E-state index >= 15 is 0 Å². The Morgan fingerprint density at radius 1 is 0.979 bits per heavy atom. The number of fused-ring (bicyclic) bond motifs is 1. The van der Waals surface area contributed by atoms with Crippen molar-refractivity contribution in [2.75, 3.05) is 0 Å². The highest BCUT2D eigenvalue weighted by Crippen LogP contribution is 2.55. The number of hydrogen-bond donors (Lipinski definition) is 0. The molecule has 4 atom stereocenters. The third-order valence-corrected chi connectivity index (χ3v) is 16.5. The van der Waals surface area contributed by atoms with E-state index in [-0.39, 0.29) is 34.7 Å². The molecule has 0 N–H and O–H groups in total. The first-order chi connectivity index (χ1) is 22.1. The number of carbonyl (C=O) groups excluding carboxylic acids is 2. The van der Waals surface area contributed by atoms with Gasteiger partial charge < -0.3 is 13.7 Å². The van der Waals surface area contributed by atoms with Crippen LogP contribution in [0.1, 0.15) is 40.2 Å². The molecule has 12 heteroatoms. The maximum Gasteiger partial charge on any atom is 0.358 e. The van der Waals surface area contributed by atoms with E-state index in [0.29, 0.717) is 16.2 Å². The van der Waals surface area contributed by atoms with E-state index in [9.17, 15) is 24.3 Å². The average molecular weight is 677 g/mol. The molecule has 0 spiro atoms. The Labute approximate surface area is 276 Å². The largest absolute Gasteiger partial charge is 0.456 e. The molecular formula is C35H41N2O8PSi. The Kier molecular flexibility index (Phi) is 9.38. The van der Waals surface area contributed by atoms with Gasteiger partial charge in [0.05, 0.1) is 33.6 Å². The zero-order chi connectivity index (χ0) is 34.3. The van der Waals surface area contributed by atoms with Crippen LogP contribution in [0.2, 0.25) is 18.1 Å². The van der Waals surface area contributed by atoms with Gasteiger partial charge in [0.25, 0.3) is 5.69 Å². The van der Waals surface area contributed by atoms with Gasteiger partial charge in [-0.1, -0.05) is 64.1 Å². The van der Waals surface area contributed by atoms with Crippen molar-refractivity contribution in [2.45, 2.75) is 71.5 Å². The van der Waals surface area contributed by atoms with Crippen LogP contribution in [-0.2, 0) is 34.4 Å². The lowest BCUT2D eigenvalue weighted by Crippen LogP contribution is -2.65. The first kappa shape index (κ1) is 34.3. The number of non-ortho nitro benzene ring substituents is 1. The summed E-state index contributed by atoms with van der Waals surface area (Å²) in [6.07, 6.45) is -0.432. The fourth-order valence-electron chi connectivity index (χ4n) is 5.91. The lowest BCUT2D eigenvalue weighted by molar-refractivity contribution is -0.384. The van der Waals surface area contributed by atoms with Crippen LogP contribution in [-0.4, -0.2) is 42.2 Å². The topological polar surface area (TPSA) is 125 Å². The van der Waals surface area contributed by atoms with Gasteiger partial charge >= 0.3 is 13.3 Å². The summed E-state index contributed by atoms with van der Waals surface area (Å²) < 4.78 is 33.9. The van der Waals surface area contributed by atoms with E-state index in [1.807, 2.05) is 26.0 Å². The van der Waals surface area contributed by atoms with Crippen molar-refractivity contribution in [3.8, 4) is 0 Å². The minimum atomic E-state index is -3.82. The third-order valence-electron chi connectivity index (χ3n) is 9.51. The van der Waals surface area contributed by atoms with Crippen LogP contribution < -0.4 is 10.6 Å². The number of amides is 1. The van der Waals surface area contributed by atoms with Gasteiger partial charge in [0.15, 0.2) is 14.0 Å². The summed E-state index contributed by atoms with van der Waals surface area (Å²) in [6.45, 7) is 14.2. The van der Waals surface area contributed by atoms with E-state index in [1.165, 1.54) is 29.2 Å². The van der Waals surface area contributed by atoms with Gasteiger partial charge in [0.1, 0.15) is 12.4 Å². The molecule has 10 nitrogen and oxygen atoms in total. The molecule has 3 aromatic carbocycles. The van der Waals surface area contributed by atoms with Crippen LogP contribution in [0.3, 0.4) is 0 Å². The number of benzene rings is 3. The van der Waals surface area contributed by atoms with E-state index < -0.39 is 50.6 Å². The number of rotatable bonds is 11. The highest BCUT2D eigenvalue weighted by atomic mass is 31.2. The molecule has 0 saturated carbocycles. The predicted molar refractivity (Wildman–Crippen MR) is 182 cm³/mol. The zero-order valence-corrected chi connectivity index (χ0v) is 29.6. The molecule has 1 amide bonds. The van der Waals surface area contributed by atoms with Gasteiger partial charge in [0, 0.05) is 18.1 Å². The van der Waals surface area contributed by atoms with Crippen LogP contribution in [0.5, 0.6) is 0 Å². The van der Waals surface area contributed by atoms with Gasteiger partial charge in [-0.2, -0.15) is 0 Å². The summed E-state index contributed by atoms with van der Waals surface area (Å²) in [5.41, 5.74) is 0.352. The van der Waals surface area contributed by atoms with Crippen LogP contribution in [0, 0.1) is 22.0 Å². The monoisotopic (exact) mass is 676 g/mol. The van der Waals surface area contributed by atoms with Crippen molar-refractivity contribution in [3.63, 3.8) is 0 Å². The van der Waals surface area contributed by atoms with E-state index in [0.717, 1.165) is 0 Å². The van der Waals surface area contributed by atoms with Crippen molar-refractivity contribution in [1.82, 2.24) is 4.90 Å². The smallest absolute Gasteiger partial charge is 0.358 e. The molecule has 1 saturated heterocycles. The van der Waals surface area contributed by atoms with E-state index in [2.05, 4.69) is 33.9 Å². The fraction of sp³-hybridized carbons (Fsp3) is 0.371. The molecular weight excluding hydrogens is 635 g/mol. The van der Waals surface area contributed by atoms with Crippen molar-refractivity contribution in [2.24, 2.45) is 11.8 Å². The minimum Gasteiger partial charge on any atom is -0.456 e. The molecule has 0 bridgehead atoms. The molecule has 2 aliphatic rings. The third kappa shape index (κ3) is 6.44. The Hall–Kier alpha value is -4.05. The standard InChI is InChI=1S/C35H41N2O8PSi/c1-23-30-29(24(2)45-47(6,7)35(3,4)5)33(38)36(30)31(34(39)43-22-25-18-20-26(21-19-25)37(40)41)32(23)44-46(42,27-14-10-8-11-15-27)28-16-12-9-13-17-28/h8-21,23-24,29-30H,22H2,1-7H3/t23-,24-,29-,30+/m1/s1. The second-order valence-electron chi connectivity index (χ2n) is 13.6. The molecule has 0 aliphatic carbocycles. The number of carbonyl (C=O) groups is 2. The molecule has 2 heterocycles. The first-order valence-corrected chi connectivity index (χ1v) is 20.2. The number of β-lactam (4-membered cyclic amide) rings is 1. The number of nitro groups is 1. The summed E-state index contributed by atoms with van der Waals surface area (Å²) in [5, 5.41) is 11.9. The van der Waals surface area contributed by atoms with Gasteiger partial charge in [-0.05, 0) is 67.0 Å². The molecule has 0 radical (unpaired) electrons. The maximum absolute atomic E-state index is 15.0. The van der Waals surface area contributed by atoms with Crippen molar-refractivity contribution < 1.29 is 32.8 Å². The minimum absolute atomic E-state index is 0.0770. The van der Waals surface area contributed by atoms with Gasteiger partial charge in [-0.15, -0.1) is 0 Å². The van der Waals surface area contributed by atoms with Crippen molar-refractivity contribution in [3.05, 3.63) is 112 Å². The average Bonchev–Trinajstić information content (AvgIpc) is 3.27. The summed E-state index contributed by atoms with van der Waals surface area (Å²) in [5.74, 6) is -2.04. The Morgan fingerprint density at radius 2 is 1.51 bits per heavy atom. The highest BCUT2D eigenvalue weighted by molar-refractivity contribution is 7.74. The number of ether oxygens (including phenoxy) is 1. The molecule has 5 rings (SSSR count). The molecule has 3 aromatic rings. The number of nitrogens with zero attached hydrogens (tertiary/aromatic N) is 2. The van der Waals surface area contributed by atoms with Crippen LogP contribution in [0.25, 0.3) is 0 Å². The predicted octanol–water partition coefficient (Wildman–Crippen LogP) is 6.68. The Morgan fingerprint density at radius 3 is 2.00 bits per heavy atom. The van der Waals surface area contributed by atoms with E-state index in [1.54, 1.807) is 48.5 Å². The van der Waals surface area contributed by atoms with Crippen LogP contribution in [0.15, 0.2) is 96.4 Å². The summed E-state index contributed by atoms with van der Waals surface area (Å²) in [6, 6.07) is 22.8. The second-order valence-corrected chi connectivity index (χ2v) is 20.7. The normalized spacial score (nSPS) is 20.4. The molecule has 0 unspecified atom stereocenters. The highest BCUT2D eigenvalue weighted by Gasteiger charge is 2.62. The summed E-state index contributed by atoms with van der Waals surface area (Å²) in [7, 11) is -6.06. The number of nitro benzene ring substituents is 1. The summed E-state index contributed by atoms with van der Waals surface area (Å²) in [4.78, 5) is 39.8. The number of hydrogen-bond acceptors (Lipinski definition) is 8. The molecule has 248 valence electrons. The lowest BCUT2D eigenvalue weighted by Gasteiger charge is -2.49. The Bertz CT molecular complexity index is 1700. The maximum atomic E-state index is 15.0. The number of esters is 1. The van der Waals surface area contributed by atoms with Crippen LogP contribution in [0.4, 0.5) is 5.69 Å². The van der Waals surface area contributed by atoms with Crippen LogP contribution >= 0.6 is 7.37 Å². The molecule has 0 aromatic heterocycles. The molecule has 2 aliphatic heterocycles. The van der Waals surface area contributed by atoms with Gasteiger partial charge in [0.2, 0.25) is 5.91 Å². The SMILES string of the molecule is C[C@@H](O[Si](C)(C)C(C)(C)C)[C@H]1C(=O)N2C(C(=O)OCc3ccc([N+](=O)[O-])cc3)=C(OP(=O)(c3ccccc3)c3ccccc3)[C@H](C)[C@@H]12. The fourth-order valence-corrected chi connectivity index (χ4v) is 9.50. The van der Waals surface area contributed by atoms with Crippen molar-refractivity contribution >= 4 is 43.9 Å².